The lowest BCUT2D eigenvalue weighted by atomic mass is 10.1. The molecule has 1 aliphatic heterocycles. The number of nitrogens with one attached hydrogen (secondary N) is 2. The summed E-state index contributed by atoms with van der Waals surface area (Å²) >= 11 is 0. The molecular formula is C24H29N3O4S. The molecule has 1 saturated heterocycles. The van der Waals surface area contributed by atoms with E-state index in [1.807, 2.05) is 13.0 Å². The second kappa shape index (κ2) is 9.42. The van der Waals surface area contributed by atoms with E-state index in [9.17, 15) is 18.0 Å². The lowest BCUT2D eigenvalue weighted by molar-refractivity contribution is 0.0793. The number of anilines is 1. The molecule has 170 valence electrons. The summed E-state index contributed by atoms with van der Waals surface area (Å²) in [6.45, 7) is 3.27. The Balaban J connectivity index is 1.56. The first kappa shape index (κ1) is 22.5. The lowest BCUT2D eigenvalue weighted by Crippen LogP contribution is -2.32. The van der Waals surface area contributed by atoms with Gasteiger partial charge in [-0.1, -0.05) is 31.0 Å². The van der Waals surface area contributed by atoms with Crippen LogP contribution >= 0.6 is 0 Å². The predicted molar refractivity (Wildman–Crippen MR) is 123 cm³/mol. The molecule has 0 aromatic heterocycles. The third-order valence-corrected chi connectivity index (χ3v) is 7.74. The Kier molecular flexibility index (Phi) is 6.62. The smallest absolute Gasteiger partial charge is 0.255 e. The number of amides is 2. The minimum absolute atomic E-state index is 0.0522. The first-order valence-corrected chi connectivity index (χ1v) is 12.7. The standard InChI is InChI=1S/C24H29N3O4S/c1-17-8-6-13-21(24(29)27-14-4-5-15-27)22(17)25-23(28)18-9-7-12-20(16-18)32(30,31)26-19-10-2-3-11-19/h6-9,12-13,16,19,26H,2-5,10-11,14-15H2,1H3,(H,25,28). The van der Waals surface area contributed by atoms with Crippen molar-refractivity contribution in [2.45, 2.75) is 56.4 Å². The van der Waals surface area contributed by atoms with Crippen molar-refractivity contribution in [1.82, 2.24) is 9.62 Å². The summed E-state index contributed by atoms with van der Waals surface area (Å²) in [5.41, 5.74) is 1.91. The monoisotopic (exact) mass is 455 g/mol. The normalized spacial score (nSPS) is 17.0. The summed E-state index contributed by atoms with van der Waals surface area (Å²) < 4.78 is 28.3. The zero-order valence-corrected chi connectivity index (χ0v) is 19.1. The third-order valence-electron chi connectivity index (χ3n) is 6.22. The van der Waals surface area contributed by atoms with Gasteiger partial charge in [-0.25, -0.2) is 13.1 Å². The van der Waals surface area contributed by atoms with E-state index in [4.69, 9.17) is 0 Å². The van der Waals surface area contributed by atoms with Crippen LogP contribution < -0.4 is 10.0 Å². The minimum Gasteiger partial charge on any atom is -0.339 e. The van der Waals surface area contributed by atoms with E-state index in [2.05, 4.69) is 10.0 Å². The van der Waals surface area contributed by atoms with Gasteiger partial charge in [-0.05, 0) is 62.4 Å². The molecule has 1 saturated carbocycles. The molecule has 0 bridgehead atoms. The third kappa shape index (κ3) is 4.86. The fourth-order valence-corrected chi connectivity index (χ4v) is 5.77. The molecule has 1 aliphatic carbocycles. The van der Waals surface area contributed by atoms with Gasteiger partial charge in [0.05, 0.1) is 16.1 Å². The first-order valence-electron chi connectivity index (χ1n) is 11.2. The number of rotatable bonds is 6. The average molecular weight is 456 g/mol. The number of aryl methyl sites for hydroxylation is 1. The molecule has 0 spiro atoms. The molecule has 0 atom stereocenters. The molecule has 2 aliphatic rings. The maximum atomic E-state index is 13.0. The van der Waals surface area contributed by atoms with E-state index >= 15 is 0 Å². The highest BCUT2D eigenvalue weighted by Gasteiger charge is 2.25. The molecule has 2 aromatic carbocycles. The molecule has 7 nitrogen and oxygen atoms in total. The molecule has 0 unspecified atom stereocenters. The van der Waals surface area contributed by atoms with E-state index in [0.717, 1.165) is 44.1 Å². The van der Waals surface area contributed by atoms with Crippen LogP contribution in [-0.2, 0) is 10.0 Å². The van der Waals surface area contributed by atoms with E-state index in [0.29, 0.717) is 24.3 Å². The maximum Gasteiger partial charge on any atom is 0.255 e. The predicted octanol–water partition coefficient (Wildman–Crippen LogP) is 3.70. The van der Waals surface area contributed by atoms with Crippen LogP contribution in [0, 0.1) is 6.92 Å². The summed E-state index contributed by atoms with van der Waals surface area (Å²) in [6.07, 6.45) is 5.67. The molecule has 1 heterocycles. The average Bonchev–Trinajstić information content (AvgIpc) is 3.49. The Hall–Kier alpha value is -2.71. The zero-order chi connectivity index (χ0) is 22.7. The van der Waals surface area contributed by atoms with Crippen LogP contribution in [0.15, 0.2) is 47.4 Å². The maximum absolute atomic E-state index is 13.0. The quantitative estimate of drug-likeness (QED) is 0.694. The number of likely N-dealkylation sites (tertiary alicyclic amines) is 1. The lowest BCUT2D eigenvalue weighted by Gasteiger charge is -2.19. The minimum atomic E-state index is -3.70. The summed E-state index contributed by atoms with van der Waals surface area (Å²) in [6, 6.07) is 11.3. The van der Waals surface area contributed by atoms with Crippen molar-refractivity contribution in [1.29, 1.82) is 0 Å². The second-order valence-corrected chi connectivity index (χ2v) is 10.3. The van der Waals surface area contributed by atoms with E-state index < -0.39 is 15.9 Å². The van der Waals surface area contributed by atoms with Crippen molar-refractivity contribution in [3.05, 3.63) is 59.2 Å². The molecule has 2 amide bonds. The van der Waals surface area contributed by atoms with Crippen LogP contribution in [0.4, 0.5) is 5.69 Å². The van der Waals surface area contributed by atoms with Gasteiger partial charge in [-0.15, -0.1) is 0 Å². The number of benzene rings is 2. The van der Waals surface area contributed by atoms with Gasteiger partial charge in [0.2, 0.25) is 10.0 Å². The van der Waals surface area contributed by atoms with Crippen LogP contribution in [0.3, 0.4) is 0 Å². The number of hydrogen-bond acceptors (Lipinski definition) is 4. The van der Waals surface area contributed by atoms with Crippen LogP contribution in [0.1, 0.15) is 64.8 Å². The van der Waals surface area contributed by atoms with Crippen molar-refractivity contribution in [2.24, 2.45) is 0 Å². The van der Waals surface area contributed by atoms with Crippen LogP contribution in [0.25, 0.3) is 0 Å². The summed E-state index contributed by atoms with van der Waals surface area (Å²) in [5.74, 6) is -0.550. The van der Waals surface area contributed by atoms with Crippen molar-refractivity contribution in [2.75, 3.05) is 18.4 Å². The largest absolute Gasteiger partial charge is 0.339 e. The number of para-hydroxylation sites is 1. The van der Waals surface area contributed by atoms with Crippen LogP contribution in [0.5, 0.6) is 0 Å². The van der Waals surface area contributed by atoms with Gasteiger partial charge in [0.25, 0.3) is 11.8 Å². The molecular weight excluding hydrogens is 426 g/mol. The Morgan fingerprint density at radius 1 is 0.969 bits per heavy atom. The Morgan fingerprint density at radius 2 is 1.66 bits per heavy atom. The summed E-state index contributed by atoms with van der Waals surface area (Å²) in [4.78, 5) is 27.9. The van der Waals surface area contributed by atoms with Crippen LogP contribution in [-0.4, -0.2) is 44.3 Å². The first-order chi connectivity index (χ1) is 15.3. The van der Waals surface area contributed by atoms with Gasteiger partial charge >= 0.3 is 0 Å². The van der Waals surface area contributed by atoms with Gasteiger partial charge in [0.15, 0.2) is 0 Å². The van der Waals surface area contributed by atoms with Crippen molar-refractivity contribution in [3.63, 3.8) is 0 Å². The molecule has 2 fully saturated rings. The fraction of sp³-hybridized carbons (Fsp3) is 0.417. The van der Waals surface area contributed by atoms with Gasteiger partial charge in [-0.3, -0.25) is 9.59 Å². The van der Waals surface area contributed by atoms with Gasteiger partial charge in [0.1, 0.15) is 0 Å². The highest BCUT2D eigenvalue weighted by molar-refractivity contribution is 7.89. The topological polar surface area (TPSA) is 95.6 Å². The number of carbonyl (C=O) groups excluding carboxylic acids is 2. The molecule has 8 heteroatoms. The van der Waals surface area contributed by atoms with E-state index in [-0.39, 0.29) is 22.4 Å². The Labute approximate surface area is 189 Å². The SMILES string of the molecule is Cc1cccc(C(=O)N2CCCC2)c1NC(=O)c1cccc(S(=O)(=O)NC2CCCC2)c1. The van der Waals surface area contributed by atoms with Crippen LogP contribution in [0.2, 0.25) is 0 Å². The number of sulfonamides is 1. The number of hydrogen-bond donors (Lipinski definition) is 2. The van der Waals surface area contributed by atoms with Crippen molar-refractivity contribution >= 4 is 27.5 Å². The summed E-state index contributed by atoms with van der Waals surface area (Å²) in [7, 11) is -3.70. The fourth-order valence-electron chi connectivity index (χ4n) is 4.42. The molecule has 32 heavy (non-hydrogen) atoms. The highest BCUT2D eigenvalue weighted by atomic mass is 32.2. The molecule has 0 radical (unpaired) electrons. The van der Waals surface area contributed by atoms with E-state index in [1.54, 1.807) is 29.2 Å². The molecule has 2 N–H and O–H groups in total. The van der Waals surface area contributed by atoms with Gasteiger partial charge < -0.3 is 10.2 Å². The zero-order valence-electron chi connectivity index (χ0n) is 18.3. The second-order valence-electron chi connectivity index (χ2n) is 8.58. The van der Waals surface area contributed by atoms with Gasteiger partial charge in [0, 0.05) is 24.7 Å². The number of nitrogens with zero attached hydrogens (tertiary/aromatic N) is 1. The Bertz CT molecular complexity index is 1120. The molecule has 4 rings (SSSR count). The highest BCUT2D eigenvalue weighted by Crippen LogP contribution is 2.25. The number of carbonyl (C=O) groups is 2. The summed E-state index contributed by atoms with van der Waals surface area (Å²) in [5, 5.41) is 2.85. The van der Waals surface area contributed by atoms with Crippen molar-refractivity contribution in [3.8, 4) is 0 Å². The van der Waals surface area contributed by atoms with E-state index in [1.165, 1.54) is 12.1 Å². The van der Waals surface area contributed by atoms with Crippen molar-refractivity contribution < 1.29 is 18.0 Å². The Morgan fingerprint density at radius 3 is 2.38 bits per heavy atom. The van der Waals surface area contributed by atoms with Gasteiger partial charge in [-0.2, -0.15) is 0 Å². The molecule has 2 aromatic rings.